The second-order valence-corrected chi connectivity index (χ2v) is 6.42. The molecule has 2 rings (SSSR count). The molecule has 0 aliphatic carbocycles. The van der Waals surface area contributed by atoms with E-state index < -0.39 is 5.82 Å². The standard InChI is InChI=1S/C14H10Br2FNOS/c1-7-4-11(16)12(17)6-13(7)18-14(19)9-5-8(20)2-3-10(9)15/h2-6,20H,1H3,(H,18,19). The van der Waals surface area contributed by atoms with Crippen LogP contribution in [0.4, 0.5) is 10.1 Å². The largest absolute Gasteiger partial charge is 0.322 e. The van der Waals surface area contributed by atoms with Gasteiger partial charge in [-0.3, -0.25) is 4.79 Å². The summed E-state index contributed by atoms with van der Waals surface area (Å²) in [7, 11) is 0. The highest BCUT2D eigenvalue weighted by atomic mass is 79.9. The first kappa shape index (κ1) is 15.5. The SMILES string of the molecule is Cc1cc(Br)c(F)cc1NC(=O)c1cc(S)ccc1Br. The first-order chi connectivity index (χ1) is 9.38. The van der Waals surface area contributed by atoms with Crippen LogP contribution in [-0.2, 0) is 0 Å². The summed E-state index contributed by atoms with van der Waals surface area (Å²) in [6, 6.07) is 8.07. The second-order valence-electron chi connectivity index (χ2n) is 4.20. The Morgan fingerprint density at radius 3 is 2.60 bits per heavy atom. The van der Waals surface area contributed by atoms with Gasteiger partial charge in [-0.15, -0.1) is 12.6 Å². The molecule has 0 bridgehead atoms. The highest BCUT2D eigenvalue weighted by Crippen LogP contribution is 2.26. The van der Waals surface area contributed by atoms with Crippen LogP contribution >= 0.6 is 44.5 Å². The van der Waals surface area contributed by atoms with Crippen LogP contribution < -0.4 is 5.32 Å². The van der Waals surface area contributed by atoms with Gasteiger partial charge >= 0.3 is 0 Å². The quantitative estimate of drug-likeness (QED) is 0.644. The zero-order chi connectivity index (χ0) is 14.9. The maximum Gasteiger partial charge on any atom is 0.256 e. The first-order valence-corrected chi connectivity index (χ1v) is 7.67. The lowest BCUT2D eigenvalue weighted by atomic mass is 10.1. The molecule has 1 N–H and O–H groups in total. The minimum Gasteiger partial charge on any atom is -0.322 e. The van der Waals surface area contributed by atoms with Gasteiger partial charge in [0, 0.05) is 15.1 Å². The lowest BCUT2D eigenvalue weighted by Crippen LogP contribution is -2.13. The molecule has 0 fully saturated rings. The number of anilines is 1. The van der Waals surface area contributed by atoms with Crippen LogP contribution in [0.5, 0.6) is 0 Å². The van der Waals surface area contributed by atoms with Gasteiger partial charge in [-0.05, 0) is 74.7 Å². The van der Waals surface area contributed by atoms with E-state index in [1.54, 1.807) is 31.2 Å². The molecule has 0 radical (unpaired) electrons. The van der Waals surface area contributed by atoms with Gasteiger partial charge in [0.15, 0.2) is 0 Å². The molecule has 1 amide bonds. The Hall–Kier alpha value is -0.850. The number of hydrogen-bond donors (Lipinski definition) is 2. The van der Waals surface area contributed by atoms with E-state index in [2.05, 4.69) is 49.8 Å². The Labute approximate surface area is 138 Å². The minimum absolute atomic E-state index is 0.322. The minimum atomic E-state index is -0.423. The van der Waals surface area contributed by atoms with E-state index in [1.807, 2.05) is 0 Å². The third kappa shape index (κ3) is 3.42. The molecular weight excluding hydrogens is 409 g/mol. The topological polar surface area (TPSA) is 29.1 Å². The number of benzene rings is 2. The highest BCUT2D eigenvalue weighted by molar-refractivity contribution is 9.10. The van der Waals surface area contributed by atoms with Gasteiger partial charge in [0.25, 0.3) is 5.91 Å². The second kappa shape index (κ2) is 6.28. The molecular formula is C14H10Br2FNOS. The van der Waals surface area contributed by atoms with Crippen molar-refractivity contribution < 1.29 is 9.18 Å². The van der Waals surface area contributed by atoms with Crippen molar-refractivity contribution in [2.45, 2.75) is 11.8 Å². The van der Waals surface area contributed by atoms with Crippen molar-refractivity contribution in [2.24, 2.45) is 0 Å². The van der Waals surface area contributed by atoms with E-state index in [1.165, 1.54) is 6.07 Å². The molecule has 0 saturated carbocycles. The van der Waals surface area contributed by atoms with Crippen molar-refractivity contribution in [1.29, 1.82) is 0 Å². The number of thiol groups is 1. The summed E-state index contributed by atoms with van der Waals surface area (Å²) in [4.78, 5) is 12.9. The van der Waals surface area contributed by atoms with E-state index in [4.69, 9.17) is 0 Å². The highest BCUT2D eigenvalue weighted by Gasteiger charge is 2.13. The Bertz CT molecular complexity index is 691. The third-order valence-electron chi connectivity index (χ3n) is 2.71. The molecule has 0 aliphatic rings. The number of amides is 1. The number of nitrogens with one attached hydrogen (secondary N) is 1. The van der Waals surface area contributed by atoms with Gasteiger partial charge in [-0.1, -0.05) is 0 Å². The average molecular weight is 419 g/mol. The molecule has 0 heterocycles. The fraction of sp³-hybridized carbons (Fsp3) is 0.0714. The zero-order valence-corrected chi connectivity index (χ0v) is 14.4. The average Bonchev–Trinajstić information content (AvgIpc) is 2.38. The van der Waals surface area contributed by atoms with Crippen LogP contribution in [0.3, 0.4) is 0 Å². The van der Waals surface area contributed by atoms with Gasteiger partial charge in [0.1, 0.15) is 5.82 Å². The predicted octanol–water partition coefficient (Wildman–Crippen LogP) is 5.20. The van der Waals surface area contributed by atoms with Crippen molar-refractivity contribution >= 4 is 56.1 Å². The lowest BCUT2D eigenvalue weighted by molar-refractivity contribution is 0.102. The van der Waals surface area contributed by atoms with Crippen LogP contribution in [-0.4, -0.2) is 5.91 Å². The predicted molar refractivity (Wildman–Crippen MR) is 88.2 cm³/mol. The molecule has 0 aromatic heterocycles. The molecule has 2 nitrogen and oxygen atoms in total. The Morgan fingerprint density at radius 1 is 1.20 bits per heavy atom. The van der Waals surface area contributed by atoms with Gasteiger partial charge < -0.3 is 5.32 Å². The fourth-order valence-electron chi connectivity index (χ4n) is 1.66. The van der Waals surface area contributed by atoms with Gasteiger partial charge in [0.05, 0.1) is 10.0 Å². The first-order valence-electron chi connectivity index (χ1n) is 5.64. The molecule has 20 heavy (non-hydrogen) atoms. The number of rotatable bonds is 2. The lowest BCUT2D eigenvalue weighted by Gasteiger charge is -2.11. The van der Waals surface area contributed by atoms with E-state index in [0.717, 1.165) is 5.56 Å². The number of aryl methyl sites for hydroxylation is 1. The van der Waals surface area contributed by atoms with Gasteiger partial charge in [0.2, 0.25) is 0 Å². The molecule has 2 aromatic carbocycles. The summed E-state index contributed by atoms with van der Waals surface area (Å²) in [5.41, 5.74) is 1.65. The van der Waals surface area contributed by atoms with Gasteiger partial charge in [-0.25, -0.2) is 4.39 Å². The monoisotopic (exact) mass is 417 g/mol. The summed E-state index contributed by atoms with van der Waals surface area (Å²) in [6.45, 7) is 1.80. The summed E-state index contributed by atoms with van der Waals surface area (Å²) in [5, 5.41) is 2.70. The van der Waals surface area contributed by atoms with Crippen molar-refractivity contribution in [3.63, 3.8) is 0 Å². The number of halogens is 3. The van der Waals surface area contributed by atoms with Crippen LogP contribution in [0.1, 0.15) is 15.9 Å². The summed E-state index contributed by atoms with van der Waals surface area (Å²) >= 11 is 10.6. The molecule has 0 atom stereocenters. The molecule has 0 spiro atoms. The third-order valence-corrected chi connectivity index (χ3v) is 4.29. The molecule has 2 aromatic rings. The van der Waals surface area contributed by atoms with Crippen molar-refractivity contribution in [3.05, 3.63) is 56.2 Å². The van der Waals surface area contributed by atoms with Crippen molar-refractivity contribution in [1.82, 2.24) is 0 Å². The van der Waals surface area contributed by atoms with E-state index in [0.29, 0.717) is 25.1 Å². The van der Waals surface area contributed by atoms with Crippen LogP contribution in [0.25, 0.3) is 0 Å². The van der Waals surface area contributed by atoms with Crippen molar-refractivity contribution in [3.8, 4) is 0 Å². The molecule has 0 unspecified atom stereocenters. The van der Waals surface area contributed by atoms with Crippen LogP contribution in [0, 0.1) is 12.7 Å². The van der Waals surface area contributed by atoms with E-state index in [9.17, 15) is 9.18 Å². The normalized spacial score (nSPS) is 10.4. The van der Waals surface area contributed by atoms with Gasteiger partial charge in [-0.2, -0.15) is 0 Å². The summed E-state index contributed by atoms with van der Waals surface area (Å²) < 4.78 is 14.6. The number of hydrogen-bond acceptors (Lipinski definition) is 2. The molecule has 6 heteroatoms. The molecule has 0 saturated heterocycles. The Balaban J connectivity index is 2.32. The van der Waals surface area contributed by atoms with Crippen LogP contribution in [0.15, 0.2) is 44.2 Å². The maximum absolute atomic E-state index is 13.5. The molecule has 0 aliphatic heterocycles. The maximum atomic E-state index is 13.5. The van der Waals surface area contributed by atoms with Crippen LogP contribution in [0.2, 0.25) is 0 Å². The smallest absolute Gasteiger partial charge is 0.256 e. The number of carbonyl (C=O) groups excluding carboxylic acids is 1. The fourth-order valence-corrected chi connectivity index (χ4v) is 2.75. The Morgan fingerprint density at radius 2 is 1.90 bits per heavy atom. The Kier molecular flexibility index (Phi) is 4.88. The molecule has 104 valence electrons. The number of carbonyl (C=O) groups is 1. The van der Waals surface area contributed by atoms with E-state index >= 15 is 0 Å². The van der Waals surface area contributed by atoms with Crippen molar-refractivity contribution in [2.75, 3.05) is 5.32 Å². The summed E-state index contributed by atoms with van der Waals surface area (Å²) in [5.74, 6) is -0.745. The van der Waals surface area contributed by atoms with E-state index in [-0.39, 0.29) is 5.91 Å². The zero-order valence-electron chi connectivity index (χ0n) is 10.4. The summed E-state index contributed by atoms with van der Waals surface area (Å²) in [6.07, 6.45) is 0.